The highest BCUT2D eigenvalue weighted by atomic mass is 16.5. The van der Waals surface area contributed by atoms with Crippen LogP contribution in [0.15, 0.2) is 79.9 Å². The summed E-state index contributed by atoms with van der Waals surface area (Å²) in [5.41, 5.74) is 1.50. The predicted molar refractivity (Wildman–Crippen MR) is 107 cm³/mol. The lowest BCUT2D eigenvalue weighted by Gasteiger charge is -2.19. The Balaban J connectivity index is 1.92. The minimum atomic E-state index is -0.199. The SMILES string of the molecule is C=CCN(CC=C)C(=O)COc1cccc(C(=O)NCc2ccccc2)c1. The van der Waals surface area contributed by atoms with E-state index in [0.717, 1.165) is 5.56 Å². The number of nitrogens with one attached hydrogen (secondary N) is 1. The molecule has 27 heavy (non-hydrogen) atoms. The van der Waals surface area contributed by atoms with Crippen LogP contribution < -0.4 is 10.1 Å². The average Bonchev–Trinajstić information content (AvgIpc) is 2.71. The number of ether oxygens (including phenoxy) is 1. The van der Waals surface area contributed by atoms with Gasteiger partial charge >= 0.3 is 0 Å². The lowest BCUT2D eigenvalue weighted by atomic mass is 10.2. The van der Waals surface area contributed by atoms with Crippen molar-refractivity contribution < 1.29 is 14.3 Å². The highest BCUT2D eigenvalue weighted by Gasteiger charge is 2.12. The molecule has 2 aromatic carbocycles. The molecule has 0 atom stereocenters. The molecule has 0 bridgehead atoms. The van der Waals surface area contributed by atoms with Gasteiger partial charge in [0.1, 0.15) is 5.75 Å². The van der Waals surface area contributed by atoms with E-state index in [9.17, 15) is 9.59 Å². The molecule has 5 nitrogen and oxygen atoms in total. The minimum absolute atomic E-state index is 0.114. The van der Waals surface area contributed by atoms with Crippen LogP contribution in [0.4, 0.5) is 0 Å². The van der Waals surface area contributed by atoms with Gasteiger partial charge in [-0.1, -0.05) is 48.6 Å². The molecule has 0 aliphatic rings. The van der Waals surface area contributed by atoms with E-state index in [1.54, 1.807) is 41.3 Å². The molecule has 5 heteroatoms. The summed E-state index contributed by atoms with van der Waals surface area (Å²) in [4.78, 5) is 26.1. The second-order valence-electron chi connectivity index (χ2n) is 5.86. The van der Waals surface area contributed by atoms with Gasteiger partial charge < -0.3 is 15.0 Å². The summed E-state index contributed by atoms with van der Waals surface area (Å²) in [7, 11) is 0. The van der Waals surface area contributed by atoms with E-state index in [2.05, 4.69) is 18.5 Å². The number of hydrogen-bond donors (Lipinski definition) is 1. The van der Waals surface area contributed by atoms with E-state index in [-0.39, 0.29) is 18.4 Å². The van der Waals surface area contributed by atoms with Gasteiger partial charge in [-0.2, -0.15) is 0 Å². The fraction of sp³-hybridized carbons (Fsp3) is 0.182. The first-order valence-corrected chi connectivity index (χ1v) is 8.68. The Morgan fingerprint density at radius 3 is 2.37 bits per heavy atom. The largest absolute Gasteiger partial charge is 0.484 e. The Morgan fingerprint density at radius 2 is 1.70 bits per heavy atom. The lowest BCUT2D eigenvalue weighted by molar-refractivity contribution is -0.132. The van der Waals surface area contributed by atoms with Gasteiger partial charge in [-0.15, -0.1) is 13.2 Å². The Morgan fingerprint density at radius 1 is 1.00 bits per heavy atom. The Labute approximate surface area is 160 Å². The van der Waals surface area contributed by atoms with E-state index in [4.69, 9.17) is 4.74 Å². The van der Waals surface area contributed by atoms with Crippen LogP contribution in [0.2, 0.25) is 0 Å². The average molecular weight is 364 g/mol. The first-order chi connectivity index (χ1) is 13.1. The topological polar surface area (TPSA) is 58.6 Å². The summed E-state index contributed by atoms with van der Waals surface area (Å²) in [6.07, 6.45) is 3.30. The zero-order chi connectivity index (χ0) is 19.5. The third-order valence-corrected chi connectivity index (χ3v) is 3.81. The van der Waals surface area contributed by atoms with Crippen molar-refractivity contribution in [1.29, 1.82) is 0 Å². The molecule has 0 fully saturated rings. The quantitative estimate of drug-likeness (QED) is 0.659. The molecule has 1 N–H and O–H groups in total. The molecule has 0 aromatic heterocycles. The summed E-state index contributed by atoms with van der Waals surface area (Å²) < 4.78 is 5.56. The molecule has 0 radical (unpaired) electrons. The Kier molecular flexibility index (Phi) is 7.85. The molecule has 0 saturated carbocycles. The second kappa shape index (κ2) is 10.6. The van der Waals surface area contributed by atoms with Gasteiger partial charge in [0.15, 0.2) is 6.61 Å². The van der Waals surface area contributed by atoms with Crippen LogP contribution in [0.25, 0.3) is 0 Å². The Hall–Kier alpha value is -3.34. The number of carbonyl (C=O) groups is 2. The fourth-order valence-electron chi connectivity index (χ4n) is 2.43. The highest BCUT2D eigenvalue weighted by molar-refractivity contribution is 5.94. The van der Waals surface area contributed by atoms with Gasteiger partial charge in [0.2, 0.25) is 0 Å². The van der Waals surface area contributed by atoms with Crippen LogP contribution in [-0.2, 0) is 11.3 Å². The zero-order valence-electron chi connectivity index (χ0n) is 15.3. The van der Waals surface area contributed by atoms with Crippen molar-refractivity contribution in [2.45, 2.75) is 6.54 Å². The van der Waals surface area contributed by atoms with E-state index in [1.807, 2.05) is 30.3 Å². The number of carbonyl (C=O) groups excluding carboxylic acids is 2. The number of nitrogens with zero attached hydrogens (tertiary/aromatic N) is 1. The van der Waals surface area contributed by atoms with E-state index in [1.165, 1.54) is 0 Å². The summed E-state index contributed by atoms with van der Waals surface area (Å²) >= 11 is 0. The minimum Gasteiger partial charge on any atom is -0.484 e. The number of benzene rings is 2. The molecule has 0 aliphatic carbocycles. The van der Waals surface area contributed by atoms with Crippen LogP contribution >= 0.6 is 0 Å². The summed E-state index contributed by atoms with van der Waals surface area (Å²) in [5.74, 6) is 0.0946. The van der Waals surface area contributed by atoms with Crippen LogP contribution in [-0.4, -0.2) is 36.4 Å². The van der Waals surface area contributed by atoms with Crippen LogP contribution in [0.1, 0.15) is 15.9 Å². The van der Waals surface area contributed by atoms with Crippen LogP contribution in [0.5, 0.6) is 5.75 Å². The fourth-order valence-corrected chi connectivity index (χ4v) is 2.43. The first kappa shape index (κ1) is 20.0. The Bertz CT molecular complexity index is 777. The van der Waals surface area contributed by atoms with Crippen molar-refractivity contribution in [3.05, 3.63) is 91.0 Å². The van der Waals surface area contributed by atoms with Crippen LogP contribution in [0.3, 0.4) is 0 Å². The van der Waals surface area contributed by atoms with E-state index in [0.29, 0.717) is 30.9 Å². The maximum atomic E-state index is 12.3. The normalized spacial score (nSPS) is 9.93. The number of hydrogen-bond acceptors (Lipinski definition) is 3. The van der Waals surface area contributed by atoms with Gasteiger partial charge in [0.25, 0.3) is 11.8 Å². The van der Waals surface area contributed by atoms with Crippen molar-refractivity contribution in [1.82, 2.24) is 10.2 Å². The number of rotatable bonds is 10. The summed E-state index contributed by atoms with van der Waals surface area (Å²) in [6.45, 7) is 8.47. The van der Waals surface area contributed by atoms with Crippen molar-refractivity contribution in [3.63, 3.8) is 0 Å². The molecule has 2 aromatic rings. The molecular formula is C22H24N2O3. The smallest absolute Gasteiger partial charge is 0.261 e. The molecular weight excluding hydrogens is 340 g/mol. The zero-order valence-corrected chi connectivity index (χ0v) is 15.3. The maximum Gasteiger partial charge on any atom is 0.261 e. The molecule has 0 spiro atoms. The third-order valence-electron chi connectivity index (χ3n) is 3.81. The molecule has 0 aliphatic heterocycles. The summed E-state index contributed by atoms with van der Waals surface area (Å²) in [6, 6.07) is 16.4. The van der Waals surface area contributed by atoms with Crippen molar-refractivity contribution in [2.24, 2.45) is 0 Å². The lowest BCUT2D eigenvalue weighted by Crippen LogP contribution is -2.35. The van der Waals surface area contributed by atoms with Gasteiger partial charge in [0.05, 0.1) is 0 Å². The van der Waals surface area contributed by atoms with Crippen LogP contribution in [0, 0.1) is 0 Å². The van der Waals surface area contributed by atoms with E-state index >= 15 is 0 Å². The molecule has 2 rings (SSSR count). The highest BCUT2D eigenvalue weighted by Crippen LogP contribution is 2.14. The van der Waals surface area contributed by atoms with Crippen molar-refractivity contribution in [2.75, 3.05) is 19.7 Å². The van der Waals surface area contributed by atoms with Gasteiger partial charge in [-0.25, -0.2) is 0 Å². The molecule has 2 amide bonds. The molecule has 140 valence electrons. The predicted octanol–water partition coefficient (Wildman–Crippen LogP) is 3.20. The van der Waals surface area contributed by atoms with Gasteiger partial charge in [-0.3, -0.25) is 9.59 Å². The molecule has 0 saturated heterocycles. The standard InChI is InChI=1S/C22H24N2O3/c1-3-13-24(14-4-2)21(25)17-27-20-12-8-11-19(15-20)22(26)23-16-18-9-6-5-7-10-18/h3-12,15H,1-2,13-14,16-17H2,(H,23,26). The number of amides is 2. The first-order valence-electron chi connectivity index (χ1n) is 8.68. The van der Waals surface area contributed by atoms with Crippen molar-refractivity contribution >= 4 is 11.8 Å². The van der Waals surface area contributed by atoms with E-state index < -0.39 is 0 Å². The third kappa shape index (κ3) is 6.47. The second-order valence-corrected chi connectivity index (χ2v) is 5.86. The monoisotopic (exact) mass is 364 g/mol. The van der Waals surface area contributed by atoms with Gasteiger partial charge in [-0.05, 0) is 23.8 Å². The maximum absolute atomic E-state index is 12.3. The molecule has 0 heterocycles. The summed E-state index contributed by atoms with van der Waals surface area (Å²) in [5, 5.41) is 2.87. The van der Waals surface area contributed by atoms with Crippen molar-refractivity contribution in [3.8, 4) is 5.75 Å². The molecule has 0 unspecified atom stereocenters. The van der Waals surface area contributed by atoms with Gasteiger partial charge in [0, 0.05) is 25.2 Å².